The molecule has 1 saturated heterocycles. The zero-order valence-corrected chi connectivity index (χ0v) is 31.7. The molecule has 288 valence electrons. The Bertz CT molecular complexity index is 1930. The summed E-state index contributed by atoms with van der Waals surface area (Å²) >= 11 is 0. The third-order valence-electron chi connectivity index (χ3n) is 11.1. The van der Waals surface area contributed by atoms with Crippen LogP contribution in [0.2, 0.25) is 0 Å². The zero-order chi connectivity index (χ0) is 38.5. The zero-order valence-electron chi connectivity index (χ0n) is 30.9. The number of sulfonamides is 1. The number of hydrogen-bond acceptors (Lipinski definition) is 11. The van der Waals surface area contributed by atoms with E-state index in [9.17, 15) is 32.7 Å². The number of carboxylic acid groups (broad SMARTS) is 1. The van der Waals surface area contributed by atoms with Gasteiger partial charge in [0.1, 0.15) is 29.5 Å². The lowest BCUT2D eigenvalue weighted by Gasteiger charge is -2.32. The van der Waals surface area contributed by atoms with E-state index < -0.39 is 74.1 Å². The summed E-state index contributed by atoms with van der Waals surface area (Å²) in [5.74, 6) is -1.74. The fourth-order valence-electron chi connectivity index (χ4n) is 7.37. The number of anilines is 1. The van der Waals surface area contributed by atoms with Gasteiger partial charge < -0.3 is 35.0 Å². The Labute approximate surface area is 309 Å². The lowest BCUT2D eigenvalue weighted by Crippen LogP contribution is -2.59. The molecule has 2 aliphatic carbocycles. The first-order chi connectivity index (χ1) is 25.0. The van der Waals surface area contributed by atoms with E-state index in [2.05, 4.69) is 25.3 Å². The summed E-state index contributed by atoms with van der Waals surface area (Å²) in [5.41, 5.74) is -1.01. The Kier molecular flexibility index (Phi) is 10.3. The third-order valence-corrected chi connectivity index (χ3v) is 13.2. The first-order valence-electron chi connectivity index (χ1n) is 18.0. The van der Waals surface area contributed by atoms with Gasteiger partial charge in [-0.15, -0.1) is 0 Å². The Morgan fingerprint density at radius 1 is 1.13 bits per heavy atom. The molecule has 17 heteroatoms. The number of hydrogen-bond donors (Lipinski definition) is 4. The number of methoxy groups -OCH3 is 1. The van der Waals surface area contributed by atoms with Crippen LogP contribution in [0.5, 0.6) is 11.6 Å². The SMILES string of the molecule is COc1ccc2c(O[C@@H]3C[C@H]4C(=O)N[C@]5(C(=O)NS(=O)(=O)C6(C)CC6)C[C@H]5C=CCC[C@H](C)C[C@@H](C)[C@H](NC(=O)O)C(=O)N4C3)nc(N(C)C)nc2c1. The van der Waals surface area contributed by atoms with Gasteiger partial charge in [-0.25, -0.2) is 18.2 Å². The molecule has 7 atom stereocenters. The fraction of sp³-hybridized carbons (Fsp3) is 0.611. The number of benzene rings is 1. The molecule has 4 aliphatic rings. The number of carbonyl (C=O) groups is 4. The number of allylic oxidation sites excluding steroid dienone is 1. The molecule has 1 aromatic heterocycles. The van der Waals surface area contributed by atoms with Crippen LogP contribution in [0.1, 0.15) is 65.7 Å². The van der Waals surface area contributed by atoms with E-state index in [1.165, 1.54) is 4.90 Å². The minimum absolute atomic E-state index is 0.0182. The number of carbonyl (C=O) groups excluding carboxylic acids is 3. The maximum atomic E-state index is 14.4. The van der Waals surface area contributed by atoms with Gasteiger partial charge in [0.2, 0.25) is 33.7 Å². The molecule has 3 heterocycles. The number of ether oxygens (including phenoxy) is 2. The van der Waals surface area contributed by atoms with Crippen molar-refractivity contribution in [2.45, 2.75) is 94.2 Å². The fourth-order valence-corrected chi connectivity index (χ4v) is 8.69. The van der Waals surface area contributed by atoms with Crippen LogP contribution in [0.15, 0.2) is 30.4 Å². The standard InChI is InChI=1S/C36H49N7O9S/c1-20-9-7-8-10-22-18-36(22,32(46)41-53(49,50)35(3)13-14-35)40-29(44)27-17-24(19-43(27)31(45)28(21(2)15-20)38-34(47)48)52-30-25-12-11-23(51-6)16-26(25)37-33(39-30)42(4)5/h8,10-12,16,20-22,24,27-28,38H,7,9,13-15,17-19H2,1-6H3,(H,40,44)(H,41,46)(H,47,48)/t20-,21+,22+,24+,27-,28-,36+/m0/s1. The van der Waals surface area contributed by atoms with Crippen molar-refractivity contribution >= 4 is 50.7 Å². The number of nitrogens with zero attached hydrogens (tertiary/aromatic N) is 4. The first-order valence-corrected chi connectivity index (χ1v) is 19.5. The van der Waals surface area contributed by atoms with Crippen LogP contribution < -0.4 is 29.7 Å². The average Bonchev–Trinajstić information content (AvgIpc) is 3.98. The number of nitrogens with one attached hydrogen (secondary N) is 3. The van der Waals surface area contributed by atoms with E-state index in [4.69, 9.17) is 9.47 Å². The molecule has 16 nitrogen and oxygen atoms in total. The van der Waals surface area contributed by atoms with Crippen molar-refractivity contribution < 1.29 is 42.2 Å². The molecule has 0 spiro atoms. The van der Waals surface area contributed by atoms with E-state index in [0.29, 0.717) is 48.3 Å². The Hall–Kier alpha value is -4.67. The molecular formula is C36H49N7O9S. The smallest absolute Gasteiger partial charge is 0.405 e. The predicted molar refractivity (Wildman–Crippen MR) is 195 cm³/mol. The molecule has 4 amide bonds. The van der Waals surface area contributed by atoms with E-state index in [1.807, 2.05) is 26.0 Å². The van der Waals surface area contributed by atoms with E-state index in [1.54, 1.807) is 51.2 Å². The largest absolute Gasteiger partial charge is 0.497 e. The van der Waals surface area contributed by atoms with Crippen molar-refractivity contribution in [3.8, 4) is 11.6 Å². The predicted octanol–water partition coefficient (Wildman–Crippen LogP) is 2.57. The second-order valence-electron chi connectivity index (χ2n) is 15.5. The molecule has 4 N–H and O–H groups in total. The summed E-state index contributed by atoms with van der Waals surface area (Å²) in [6, 6.07) is 2.88. The average molecular weight is 756 g/mol. The summed E-state index contributed by atoms with van der Waals surface area (Å²) in [4.78, 5) is 66.9. The Balaban J connectivity index is 1.36. The lowest BCUT2D eigenvalue weighted by molar-refractivity contribution is -0.142. The van der Waals surface area contributed by atoms with E-state index >= 15 is 0 Å². The number of aromatic nitrogens is 2. The van der Waals surface area contributed by atoms with Crippen LogP contribution in [0, 0.1) is 17.8 Å². The first kappa shape index (κ1) is 38.1. The van der Waals surface area contributed by atoms with Gasteiger partial charge in [-0.1, -0.05) is 26.0 Å². The van der Waals surface area contributed by atoms with Crippen molar-refractivity contribution in [2.24, 2.45) is 17.8 Å². The van der Waals surface area contributed by atoms with Gasteiger partial charge in [-0.3, -0.25) is 19.1 Å². The monoisotopic (exact) mass is 755 g/mol. The highest BCUT2D eigenvalue weighted by atomic mass is 32.2. The summed E-state index contributed by atoms with van der Waals surface area (Å²) in [7, 11) is 1.09. The van der Waals surface area contributed by atoms with Crippen LogP contribution in [0.25, 0.3) is 10.9 Å². The van der Waals surface area contributed by atoms with Crippen molar-refractivity contribution in [3.05, 3.63) is 30.4 Å². The molecule has 0 radical (unpaired) electrons. The highest BCUT2D eigenvalue weighted by Crippen LogP contribution is 2.47. The van der Waals surface area contributed by atoms with Gasteiger partial charge in [0.25, 0.3) is 5.91 Å². The second kappa shape index (κ2) is 14.3. The van der Waals surface area contributed by atoms with Gasteiger partial charge in [0.05, 0.1) is 29.3 Å². The topological polar surface area (TPSA) is 209 Å². The minimum Gasteiger partial charge on any atom is -0.497 e. The molecule has 0 unspecified atom stereocenters. The highest BCUT2D eigenvalue weighted by molar-refractivity contribution is 7.91. The molecule has 6 rings (SSSR count). The van der Waals surface area contributed by atoms with Crippen LogP contribution in [0.3, 0.4) is 0 Å². The van der Waals surface area contributed by atoms with Gasteiger partial charge in [0.15, 0.2) is 0 Å². The van der Waals surface area contributed by atoms with Gasteiger partial charge in [-0.2, -0.15) is 4.98 Å². The lowest BCUT2D eigenvalue weighted by atomic mass is 9.88. The molecular weight excluding hydrogens is 707 g/mol. The number of rotatable bonds is 8. The highest BCUT2D eigenvalue weighted by Gasteiger charge is 2.63. The number of amides is 4. The molecule has 2 aromatic rings. The molecule has 1 aromatic carbocycles. The molecule has 2 saturated carbocycles. The van der Waals surface area contributed by atoms with Gasteiger partial charge in [0, 0.05) is 32.5 Å². The summed E-state index contributed by atoms with van der Waals surface area (Å²) in [6.07, 6.45) is 4.53. The maximum absolute atomic E-state index is 14.4. The Morgan fingerprint density at radius 3 is 2.53 bits per heavy atom. The second-order valence-corrected chi connectivity index (χ2v) is 17.7. The van der Waals surface area contributed by atoms with Gasteiger partial charge in [-0.05, 0) is 69.4 Å². The van der Waals surface area contributed by atoms with Crippen LogP contribution in [-0.4, -0.2) is 108 Å². The summed E-state index contributed by atoms with van der Waals surface area (Å²) in [6.45, 7) is 5.32. The van der Waals surface area contributed by atoms with Crippen LogP contribution in [-0.2, 0) is 24.4 Å². The van der Waals surface area contributed by atoms with E-state index in [0.717, 1.165) is 6.42 Å². The van der Waals surface area contributed by atoms with Gasteiger partial charge >= 0.3 is 6.09 Å². The molecule has 2 aliphatic heterocycles. The summed E-state index contributed by atoms with van der Waals surface area (Å²) in [5, 5.41) is 15.6. The summed E-state index contributed by atoms with van der Waals surface area (Å²) < 4.78 is 39.3. The van der Waals surface area contributed by atoms with Crippen molar-refractivity contribution in [3.63, 3.8) is 0 Å². The molecule has 0 bridgehead atoms. The van der Waals surface area contributed by atoms with Crippen molar-refractivity contribution in [1.82, 2.24) is 30.2 Å². The Morgan fingerprint density at radius 2 is 1.87 bits per heavy atom. The van der Waals surface area contributed by atoms with Crippen LogP contribution >= 0.6 is 0 Å². The van der Waals surface area contributed by atoms with Crippen molar-refractivity contribution in [2.75, 3.05) is 32.6 Å². The van der Waals surface area contributed by atoms with Crippen LogP contribution in [0.4, 0.5) is 10.7 Å². The molecule has 53 heavy (non-hydrogen) atoms. The van der Waals surface area contributed by atoms with Crippen molar-refractivity contribution in [1.29, 1.82) is 0 Å². The third kappa shape index (κ3) is 7.71. The van der Waals surface area contributed by atoms with E-state index in [-0.39, 0.29) is 31.2 Å². The maximum Gasteiger partial charge on any atom is 0.405 e. The number of fused-ring (bicyclic) bond motifs is 3. The quantitative estimate of drug-likeness (QED) is 0.287. The minimum atomic E-state index is -4.01. The normalized spacial score (nSPS) is 29.8. The molecule has 3 fully saturated rings.